The second kappa shape index (κ2) is 6.70. The number of nitrogen functional groups attached to an aromatic ring is 1. The third kappa shape index (κ3) is 3.92. The van der Waals surface area contributed by atoms with E-state index in [4.69, 9.17) is 5.73 Å². The normalized spacial score (nSPS) is 10.8. The molecule has 2 N–H and O–H groups in total. The van der Waals surface area contributed by atoms with Crippen molar-refractivity contribution in [2.24, 2.45) is 0 Å². The number of hydrogen-bond donors (Lipinski definition) is 1. The second-order valence-electron chi connectivity index (χ2n) is 4.56. The summed E-state index contributed by atoms with van der Waals surface area (Å²) < 4.78 is 12.9. The van der Waals surface area contributed by atoms with Gasteiger partial charge in [0, 0.05) is 24.0 Å². The zero-order valence-electron chi connectivity index (χ0n) is 11.8. The fourth-order valence-electron chi connectivity index (χ4n) is 2.01. The van der Waals surface area contributed by atoms with Crippen LogP contribution in [-0.2, 0) is 4.79 Å². The summed E-state index contributed by atoms with van der Waals surface area (Å²) in [7, 11) is 0. The third-order valence-corrected chi connectivity index (χ3v) is 3.05. The molecule has 21 heavy (non-hydrogen) atoms. The smallest absolute Gasteiger partial charge is 0.250 e. The van der Waals surface area contributed by atoms with Crippen LogP contribution in [0.25, 0.3) is 6.08 Å². The summed E-state index contributed by atoms with van der Waals surface area (Å²) in [4.78, 5) is 13.8. The lowest BCUT2D eigenvalue weighted by Crippen LogP contribution is -2.28. The number of amides is 1. The number of likely N-dealkylation sites (N-methyl/N-ethyl adjacent to an activating group) is 1. The number of rotatable bonds is 4. The fraction of sp³-hybridized carbons (Fsp3) is 0.118. The van der Waals surface area contributed by atoms with Crippen LogP contribution in [0.3, 0.4) is 0 Å². The van der Waals surface area contributed by atoms with Gasteiger partial charge in [0.05, 0.1) is 0 Å². The molecule has 0 spiro atoms. The van der Waals surface area contributed by atoms with E-state index in [1.807, 2.05) is 19.1 Å². The Morgan fingerprint density at radius 3 is 2.57 bits per heavy atom. The van der Waals surface area contributed by atoms with Gasteiger partial charge in [0.1, 0.15) is 5.82 Å². The standard InChI is InChI=1S/C17H17FN2O/c1-2-20(16-9-7-14(18)8-10-16)17(21)11-6-13-4-3-5-15(19)12-13/h3-12H,2,19H2,1H3/b11-6+. The van der Waals surface area contributed by atoms with Gasteiger partial charge in [-0.15, -0.1) is 0 Å². The largest absolute Gasteiger partial charge is 0.399 e. The van der Waals surface area contributed by atoms with E-state index < -0.39 is 0 Å². The maximum atomic E-state index is 12.9. The Labute approximate surface area is 123 Å². The molecule has 0 atom stereocenters. The Morgan fingerprint density at radius 2 is 1.95 bits per heavy atom. The zero-order valence-corrected chi connectivity index (χ0v) is 11.8. The predicted octanol–water partition coefficient (Wildman–Crippen LogP) is 3.47. The number of nitrogens with zero attached hydrogens (tertiary/aromatic N) is 1. The van der Waals surface area contributed by atoms with Crippen molar-refractivity contribution in [3.8, 4) is 0 Å². The van der Waals surface area contributed by atoms with Crippen LogP contribution in [0.2, 0.25) is 0 Å². The Kier molecular flexibility index (Phi) is 4.72. The van der Waals surface area contributed by atoms with Gasteiger partial charge < -0.3 is 10.6 Å². The summed E-state index contributed by atoms with van der Waals surface area (Å²) in [5, 5.41) is 0. The lowest BCUT2D eigenvalue weighted by Gasteiger charge is -2.19. The molecular formula is C17H17FN2O. The van der Waals surface area contributed by atoms with Gasteiger partial charge in [-0.3, -0.25) is 4.79 Å². The molecule has 2 aromatic carbocycles. The van der Waals surface area contributed by atoms with Crippen LogP contribution < -0.4 is 10.6 Å². The van der Waals surface area contributed by atoms with Crippen molar-refractivity contribution in [2.45, 2.75) is 6.92 Å². The Morgan fingerprint density at radius 1 is 1.24 bits per heavy atom. The first-order valence-electron chi connectivity index (χ1n) is 6.71. The molecule has 0 heterocycles. The highest BCUT2D eigenvalue weighted by molar-refractivity contribution is 6.03. The summed E-state index contributed by atoms with van der Waals surface area (Å²) >= 11 is 0. The van der Waals surface area contributed by atoms with Crippen LogP contribution in [0, 0.1) is 5.82 Å². The molecule has 0 aliphatic carbocycles. The van der Waals surface area contributed by atoms with Crippen LogP contribution >= 0.6 is 0 Å². The molecule has 4 heteroatoms. The van der Waals surface area contributed by atoms with Gasteiger partial charge in [0.25, 0.3) is 5.91 Å². The number of halogens is 1. The number of carbonyl (C=O) groups is 1. The monoisotopic (exact) mass is 284 g/mol. The Hall–Kier alpha value is -2.62. The minimum absolute atomic E-state index is 0.161. The van der Waals surface area contributed by atoms with E-state index in [0.29, 0.717) is 17.9 Å². The topological polar surface area (TPSA) is 46.3 Å². The SMILES string of the molecule is CCN(C(=O)/C=C/c1cccc(N)c1)c1ccc(F)cc1. The van der Waals surface area contributed by atoms with Gasteiger partial charge >= 0.3 is 0 Å². The molecule has 3 nitrogen and oxygen atoms in total. The number of nitrogens with two attached hydrogens (primary N) is 1. The van der Waals surface area contributed by atoms with E-state index in [1.54, 1.807) is 35.2 Å². The fourth-order valence-corrected chi connectivity index (χ4v) is 2.01. The first-order chi connectivity index (χ1) is 10.1. The molecule has 0 aliphatic rings. The number of benzene rings is 2. The van der Waals surface area contributed by atoms with Crippen LogP contribution in [0.4, 0.5) is 15.8 Å². The van der Waals surface area contributed by atoms with E-state index in [9.17, 15) is 9.18 Å². The van der Waals surface area contributed by atoms with E-state index in [1.165, 1.54) is 18.2 Å². The lowest BCUT2D eigenvalue weighted by atomic mass is 10.2. The molecule has 0 saturated carbocycles. The minimum Gasteiger partial charge on any atom is -0.399 e. The van der Waals surface area contributed by atoms with E-state index in [0.717, 1.165) is 5.56 Å². The highest BCUT2D eigenvalue weighted by atomic mass is 19.1. The summed E-state index contributed by atoms with van der Waals surface area (Å²) in [5.74, 6) is -0.482. The number of anilines is 2. The zero-order chi connectivity index (χ0) is 15.2. The van der Waals surface area contributed by atoms with Crippen molar-refractivity contribution in [3.63, 3.8) is 0 Å². The maximum absolute atomic E-state index is 12.9. The molecule has 0 saturated heterocycles. The molecule has 0 aromatic heterocycles. The molecule has 1 amide bonds. The van der Waals surface area contributed by atoms with Gasteiger partial charge in [-0.1, -0.05) is 12.1 Å². The predicted molar refractivity (Wildman–Crippen MR) is 84.3 cm³/mol. The first kappa shape index (κ1) is 14.8. The van der Waals surface area contributed by atoms with Crippen LogP contribution in [0.5, 0.6) is 0 Å². The van der Waals surface area contributed by atoms with Gasteiger partial charge in [-0.05, 0) is 55.0 Å². The van der Waals surface area contributed by atoms with E-state index in [-0.39, 0.29) is 11.7 Å². The van der Waals surface area contributed by atoms with Gasteiger partial charge in [-0.2, -0.15) is 0 Å². The third-order valence-electron chi connectivity index (χ3n) is 3.05. The van der Waals surface area contributed by atoms with Crippen molar-refractivity contribution in [2.75, 3.05) is 17.2 Å². The average Bonchev–Trinajstić information content (AvgIpc) is 2.48. The van der Waals surface area contributed by atoms with Crippen LogP contribution in [0.15, 0.2) is 54.6 Å². The Balaban J connectivity index is 2.15. The summed E-state index contributed by atoms with van der Waals surface area (Å²) in [6.45, 7) is 2.38. The average molecular weight is 284 g/mol. The maximum Gasteiger partial charge on any atom is 0.250 e. The number of carbonyl (C=O) groups excluding carboxylic acids is 1. The molecule has 0 unspecified atom stereocenters. The second-order valence-corrected chi connectivity index (χ2v) is 4.56. The highest BCUT2D eigenvalue weighted by Crippen LogP contribution is 2.16. The van der Waals surface area contributed by atoms with E-state index in [2.05, 4.69) is 0 Å². The summed E-state index contributed by atoms with van der Waals surface area (Å²) in [5.41, 5.74) is 7.87. The van der Waals surface area contributed by atoms with Crippen molar-refractivity contribution in [1.29, 1.82) is 0 Å². The molecule has 2 rings (SSSR count). The number of hydrogen-bond acceptors (Lipinski definition) is 2. The molecule has 0 aliphatic heterocycles. The molecule has 0 fully saturated rings. The lowest BCUT2D eigenvalue weighted by molar-refractivity contribution is -0.114. The van der Waals surface area contributed by atoms with Crippen molar-refractivity contribution < 1.29 is 9.18 Å². The quantitative estimate of drug-likeness (QED) is 0.690. The van der Waals surface area contributed by atoms with Crippen LogP contribution in [-0.4, -0.2) is 12.5 Å². The van der Waals surface area contributed by atoms with Crippen LogP contribution in [0.1, 0.15) is 12.5 Å². The molecule has 0 radical (unpaired) electrons. The molecule has 2 aromatic rings. The summed E-state index contributed by atoms with van der Waals surface area (Å²) in [6.07, 6.45) is 3.20. The first-order valence-corrected chi connectivity index (χ1v) is 6.71. The van der Waals surface area contributed by atoms with Crippen molar-refractivity contribution in [1.82, 2.24) is 0 Å². The van der Waals surface area contributed by atoms with Crippen molar-refractivity contribution >= 4 is 23.4 Å². The summed E-state index contributed by atoms with van der Waals surface area (Å²) in [6, 6.07) is 13.1. The highest BCUT2D eigenvalue weighted by Gasteiger charge is 2.10. The van der Waals surface area contributed by atoms with Gasteiger partial charge in [0.15, 0.2) is 0 Å². The van der Waals surface area contributed by atoms with E-state index >= 15 is 0 Å². The Bertz CT molecular complexity index is 650. The molecule has 0 bridgehead atoms. The van der Waals surface area contributed by atoms with Gasteiger partial charge in [-0.25, -0.2) is 4.39 Å². The minimum atomic E-state index is -0.322. The van der Waals surface area contributed by atoms with Crippen molar-refractivity contribution in [3.05, 3.63) is 66.0 Å². The molecular weight excluding hydrogens is 267 g/mol. The molecule has 108 valence electrons. The van der Waals surface area contributed by atoms with Gasteiger partial charge in [0.2, 0.25) is 0 Å².